The number of rotatable bonds is 3. The Hall–Kier alpha value is -1.47. The minimum absolute atomic E-state index is 0.00263. The zero-order valence-electron chi connectivity index (χ0n) is 11.3. The lowest BCUT2D eigenvalue weighted by molar-refractivity contribution is -0.122. The summed E-state index contributed by atoms with van der Waals surface area (Å²) in [5.74, 6) is 0.00975. The van der Waals surface area contributed by atoms with Crippen LogP contribution in [0.1, 0.15) is 10.4 Å². The Morgan fingerprint density at radius 3 is 2.65 bits per heavy atom. The maximum absolute atomic E-state index is 12.3. The van der Waals surface area contributed by atoms with Crippen molar-refractivity contribution in [2.45, 2.75) is 0 Å². The average Bonchev–Trinajstić information content (AvgIpc) is 2.47. The van der Waals surface area contributed by atoms with Crippen LogP contribution in [0.2, 0.25) is 0 Å². The van der Waals surface area contributed by atoms with Crippen molar-refractivity contribution in [2.24, 2.45) is 0 Å². The van der Waals surface area contributed by atoms with E-state index >= 15 is 0 Å². The van der Waals surface area contributed by atoms with E-state index in [1.54, 1.807) is 25.4 Å². The summed E-state index contributed by atoms with van der Waals surface area (Å²) in [5.41, 5.74) is 0.631. The van der Waals surface area contributed by atoms with Crippen molar-refractivity contribution in [1.82, 2.24) is 20.1 Å². The number of hydrogen-bond donors (Lipinski definition) is 1. The Labute approximate surface area is 126 Å². The topological polar surface area (TPSA) is 65.5 Å². The van der Waals surface area contributed by atoms with E-state index in [0.717, 1.165) is 0 Å². The summed E-state index contributed by atoms with van der Waals surface area (Å²) in [6, 6.07) is 3.43. The molecule has 1 saturated heterocycles. The average molecular weight is 341 g/mol. The van der Waals surface area contributed by atoms with E-state index in [1.165, 1.54) is 0 Å². The highest BCUT2D eigenvalue weighted by Crippen LogP contribution is 2.12. The highest BCUT2D eigenvalue weighted by molar-refractivity contribution is 9.10. The normalized spacial score (nSPS) is 16.0. The maximum atomic E-state index is 12.3. The molecule has 108 valence electrons. The second kappa shape index (κ2) is 6.81. The lowest BCUT2D eigenvalue weighted by Crippen LogP contribution is -2.50. The predicted molar refractivity (Wildman–Crippen MR) is 78.3 cm³/mol. The summed E-state index contributed by atoms with van der Waals surface area (Å²) in [7, 11) is 1.63. The minimum Gasteiger partial charge on any atom is -0.358 e. The van der Waals surface area contributed by atoms with Crippen molar-refractivity contribution in [2.75, 3.05) is 39.8 Å². The third-order valence-electron chi connectivity index (χ3n) is 3.28. The van der Waals surface area contributed by atoms with E-state index in [9.17, 15) is 9.59 Å². The van der Waals surface area contributed by atoms with Crippen molar-refractivity contribution >= 4 is 27.7 Å². The molecule has 1 aromatic heterocycles. The van der Waals surface area contributed by atoms with Gasteiger partial charge in [0.25, 0.3) is 5.91 Å². The van der Waals surface area contributed by atoms with Gasteiger partial charge >= 0.3 is 0 Å². The first-order valence-electron chi connectivity index (χ1n) is 6.44. The fraction of sp³-hybridized carbons (Fsp3) is 0.462. The smallest absolute Gasteiger partial charge is 0.254 e. The van der Waals surface area contributed by atoms with Gasteiger partial charge in [-0.25, -0.2) is 4.98 Å². The van der Waals surface area contributed by atoms with Crippen molar-refractivity contribution in [3.05, 3.63) is 28.5 Å². The van der Waals surface area contributed by atoms with Crippen LogP contribution < -0.4 is 5.32 Å². The number of aromatic nitrogens is 1. The standard InChI is InChI=1S/C13H17BrN4O2/c1-15-12(19)9-17-4-6-18(7-5-17)13(20)10-2-3-16-11(14)8-10/h2-3,8H,4-7,9H2,1H3,(H,15,19). The molecule has 0 saturated carbocycles. The van der Waals surface area contributed by atoms with Crippen LogP contribution in [0.3, 0.4) is 0 Å². The maximum Gasteiger partial charge on any atom is 0.254 e. The molecule has 20 heavy (non-hydrogen) atoms. The third-order valence-corrected chi connectivity index (χ3v) is 3.71. The van der Waals surface area contributed by atoms with Crippen molar-refractivity contribution in [3.63, 3.8) is 0 Å². The van der Waals surface area contributed by atoms with Crippen LogP contribution in [0, 0.1) is 0 Å². The van der Waals surface area contributed by atoms with Crippen molar-refractivity contribution in [1.29, 1.82) is 0 Å². The van der Waals surface area contributed by atoms with Gasteiger partial charge in [0.05, 0.1) is 6.54 Å². The molecule has 7 heteroatoms. The summed E-state index contributed by atoms with van der Waals surface area (Å²) < 4.78 is 0.654. The van der Waals surface area contributed by atoms with Crippen LogP contribution >= 0.6 is 15.9 Å². The molecular weight excluding hydrogens is 324 g/mol. The van der Waals surface area contributed by atoms with Crippen LogP contribution in [0.25, 0.3) is 0 Å². The van der Waals surface area contributed by atoms with E-state index < -0.39 is 0 Å². The van der Waals surface area contributed by atoms with Gasteiger partial charge in [-0.2, -0.15) is 0 Å². The molecule has 1 aromatic rings. The first-order chi connectivity index (χ1) is 9.60. The summed E-state index contributed by atoms with van der Waals surface area (Å²) >= 11 is 3.26. The lowest BCUT2D eigenvalue weighted by atomic mass is 10.2. The fourth-order valence-corrected chi connectivity index (χ4v) is 2.47. The molecule has 0 aromatic carbocycles. The van der Waals surface area contributed by atoms with Gasteiger partial charge in [0.1, 0.15) is 4.60 Å². The van der Waals surface area contributed by atoms with Crippen molar-refractivity contribution < 1.29 is 9.59 Å². The molecule has 6 nitrogen and oxygen atoms in total. The fourth-order valence-electron chi connectivity index (χ4n) is 2.11. The summed E-state index contributed by atoms with van der Waals surface area (Å²) in [5, 5.41) is 2.61. The van der Waals surface area contributed by atoms with Gasteiger partial charge in [-0.05, 0) is 28.1 Å². The van der Waals surface area contributed by atoms with E-state index in [-0.39, 0.29) is 11.8 Å². The highest BCUT2D eigenvalue weighted by Gasteiger charge is 2.23. The largest absolute Gasteiger partial charge is 0.358 e. The van der Waals surface area contributed by atoms with E-state index in [1.807, 2.05) is 9.80 Å². The van der Waals surface area contributed by atoms with Gasteiger partial charge < -0.3 is 10.2 Å². The van der Waals surface area contributed by atoms with Crippen LogP contribution in [0.15, 0.2) is 22.9 Å². The number of piperazine rings is 1. The molecule has 1 N–H and O–H groups in total. The first-order valence-corrected chi connectivity index (χ1v) is 7.23. The lowest BCUT2D eigenvalue weighted by Gasteiger charge is -2.34. The number of carbonyl (C=O) groups is 2. The molecule has 0 aliphatic carbocycles. The predicted octanol–water partition coefficient (Wildman–Crippen LogP) is 0.348. The molecule has 1 fully saturated rings. The number of amides is 2. The number of halogens is 1. The van der Waals surface area contributed by atoms with Crippen LogP contribution in [-0.2, 0) is 4.79 Å². The number of nitrogens with zero attached hydrogens (tertiary/aromatic N) is 3. The van der Waals surface area contributed by atoms with Gasteiger partial charge in [0, 0.05) is 45.0 Å². The quantitative estimate of drug-likeness (QED) is 0.806. The van der Waals surface area contributed by atoms with Crippen LogP contribution in [0.5, 0.6) is 0 Å². The zero-order chi connectivity index (χ0) is 14.5. The number of nitrogens with one attached hydrogen (secondary N) is 1. The summed E-state index contributed by atoms with van der Waals surface area (Å²) in [6.07, 6.45) is 1.61. The van der Waals surface area contributed by atoms with E-state index in [4.69, 9.17) is 0 Å². The van der Waals surface area contributed by atoms with E-state index in [0.29, 0.717) is 42.9 Å². The van der Waals surface area contributed by atoms with Gasteiger partial charge in [-0.15, -0.1) is 0 Å². The number of hydrogen-bond acceptors (Lipinski definition) is 4. The monoisotopic (exact) mass is 340 g/mol. The molecular formula is C13H17BrN4O2. The molecule has 2 heterocycles. The van der Waals surface area contributed by atoms with E-state index in [2.05, 4.69) is 26.2 Å². The third kappa shape index (κ3) is 3.77. The van der Waals surface area contributed by atoms with Crippen LogP contribution in [0.4, 0.5) is 0 Å². The molecule has 2 amide bonds. The van der Waals surface area contributed by atoms with Gasteiger partial charge in [0.2, 0.25) is 5.91 Å². The summed E-state index contributed by atoms with van der Waals surface area (Å²) in [4.78, 5) is 31.5. The molecule has 1 aliphatic heterocycles. The molecule has 0 unspecified atom stereocenters. The molecule has 2 rings (SSSR count). The Balaban J connectivity index is 1.90. The number of pyridine rings is 1. The second-order valence-corrected chi connectivity index (χ2v) is 5.42. The van der Waals surface area contributed by atoms with Gasteiger partial charge in [-0.3, -0.25) is 14.5 Å². The first kappa shape index (κ1) is 14.9. The SMILES string of the molecule is CNC(=O)CN1CCN(C(=O)c2ccnc(Br)c2)CC1. The van der Waals surface area contributed by atoms with Crippen molar-refractivity contribution in [3.8, 4) is 0 Å². The minimum atomic E-state index is 0.00263. The van der Waals surface area contributed by atoms with Crippen LogP contribution in [-0.4, -0.2) is 66.4 Å². The number of likely N-dealkylation sites (N-methyl/N-ethyl adjacent to an activating group) is 1. The Morgan fingerprint density at radius 2 is 2.05 bits per heavy atom. The number of carbonyl (C=O) groups excluding carboxylic acids is 2. The Kier molecular flexibility index (Phi) is 5.08. The Bertz CT molecular complexity index is 501. The summed E-state index contributed by atoms with van der Waals surface area (Å²) in [6.45, 7) is 3.09. The molecule has 0 bridgehead atoms. The molecule has 0 spiro atoms. The molecule has 1 aliphatic rings. The van der Waals surface area contributed by atoms with Gasteiger partial charge in [0.15, 0.2) is 0 Å². The zero-order valence-corrected chi connectivity index (χ0v) is 12.9. The Morgan fingerprint density at radius 1 is 1.35 bits per heavy atom. The molecule has 0 atom stereocenters. The van der Waals surface area contributed by atoms with Gasteiger partial charge in [-0.1, -0.05) is 0 Å². The highest BCUT2D eigenvalue weighted by atomic mass is 79.9. The second-order valence-electron chi connectivity index (χ2n) is 4.61. The molecule has 0 radical (unpaired) electrons.